The summed E-state index contributed by atoms with van der Waals surface area (Å²) in [7, 11) is 1.70. The van der Waals surface area contributed by atoms with Gasteiger partial charge in [-0.2, -0.15) is 0 Å². The molecule has 0 spiro atoms. The van der Waals surface area contributed by atoms with E-state index in [9.17, 15) is 0 Å². The van der Waals surface area contributed by atoms with Gasteiger partial charge in [-0.15, -0.1) is 0 Å². The molecule has 0 aromatic carbocycles. The number of ether oxygens (including phenoxy) is 2. The van der Waals surface area contributed by atoms with Crippen molar-refractivity contribution >= 4 is 0 Å². The molecule has 1 N–H and O–H groups in total. The van der Waals surface area contributed by atoms with Gasteiger partial charge in [0.05, 0.1) is 12.7 Å². The fraction of sp³-hybridized carbons (Fsp3) is 1.00. The summed E-state index contributed by atoms with van der Waals surface area (Å²) in [5.41, 5.74) is 0. The van der Waals surface area contributed by atoms with E-state index in [0.29, 0.717) is 0 Å². The Labute approximate surface area is 79.4 Å². The van der Waals surface area contributed by atoms with Crippen molar-refractivity contribution in [2.24, 2.45) is 0 Å². The van der Waals surface area contributed by atoms with E-state index in [1.165, 1.54) is 0 Å². The highest BCUT2D eigenvalue weighted by atomic mass is 16.5. The Kier molecular flexibility index (Phi) is 5.31. The second-order valence-corrected chi connectivity index (χ2v) is 3.37. The van der Waals surface area contributed by atoms with Crippen LogP contribution in [0.3, 0.4) is 0 Å². The van der Waals surface area contributed by atoms with Crippen LogP contribution in [-0.2, 0) is 9.47 Å². The molecule has 0 aromatic rings. The van der Waals surface area contributed by atoms with Gasteiger partial charge in [-0.3, -0.25) is 4.90 Å². The molecule has 0 aliphatic carbocycles. The topological polar surface area (TPSA) is 41.9 Å². The number of hydrogen-bond donors (Lipinski definition) is 1. The molecule has 1 aliphatic rings. The maximum absolute atomic E-state index is 8.99. The number of hydrogen-bond acceptors (Lipinski definition) is 4. The first-order chi connectivity index (χ1) is 6.33. The molecule has 4 nitrogen and oxygen atoms in total. The van der Waals surface area contributed by atoms with Crippen LogP contribution in [0.2, 0.25) is 0 Å². The molecule has 13 heavy (non-hydrogen) atoms. The average molecular weight is 189 g/mol. The third kappa shape index (κ3) is 4.57. The summed E-state index contributed by atoms with van der Waals surface area (Å²) in [4.78, 5) is 2.18. The fourth-order valence-corrected chi connectivity index (χ4v) is 1.33. The van der Waals surface area contributed by atoms with E-state index >= 15 is 0 Å². The van der Waals surface area contributed by atoms with Crippen molar-refractivity contribution in [2.75, 3.05) is 46.6 Å². The minimum absolute atomic E-state index is 0.103. The maximum atomic E-state index is 8.99. The maximum Gasteiger partial charge on any atom is 0.0793 e. The Hall–Kier alpha value is -0.160. The molecule has 1 rings (SSSR count). The normalized spacial score (nSPS) is 18.9. The fourth-order valence-electron chi connectivity index (χ4n) is 1.33. The van der Waals surface area contributed by atoms with Crippen LogP contribution in [0, 0.1) is 0 Å². The van der Waals surface area contributed by atoms with Gasteiger partial charge in [0, 0.05) is 40.0 Å². The first-order valence-electron chi connectivity index (χ1n) is 4.80. The van der Waals surface area contributed by atoms with Crippen molar-refractivity contribution in [3.05, 3.63) is 0 Å². The number of aliphatic hydroxyl groups is 1. The van der Waals surface area contributed by atoms with E-state index in [-0.39, 0.29) is 6.10 Å². The number of rotatable bonds is 7. The Morgan fingerprint density at radius 3 is 2.69 bits per heavy atom. The summed E-state index contributed by atoms with van der Waals surface area (Å²) in [6.07, 6.45) is 0.854. The number of likely N-dealkylation sites (tertiary alicyclic amines) is 1. The Bertz CT molecular complexity index is 126. The SMILES string of the molecule is COCCCOCCN1CC(O)C1. The zero-order valence-corrected chi connectivity index (χ0v) is 8.24. The number of nitrogens with zero attached hydrogens (tertiary/aromatic N) is 1. The lowest BCUT2D eigenvalue weighted by Gasteiger charge is -2.35. The highest BCUT2D eigenvalue weighted by Gasteiger charge is 2.23. The third-order valence-corrected chi connectivity index (χ3v) is 2.13. The highest BCUT2D eigenvalue weighted by Crippen LogP contribution is 2.05. The van der Waals surface area contributed by atoms with Gasteiger partial charge < -0.3 is 14.6 Å². The summed E-state index contributed by atoms with van der Waals surface area (Å²) in [6.45, 7) is 4.84. The van der Waals surface area contributed by atoms with Crippen LogP contribution in [0.25, 0.3) is 0 Å². The summed E-state index contributed by atoms with van der Waals surface area (Å²) in [5, 5.41) is 8.99. The van der Waals surface area contributed by atoms with E-state index in [1.54, 1.807) is 7.11 Å². The molecule has 0 radical (unpaired) electrons. The lowest BCUT2D eigenvalue weighted by Crippen LogP contribution is -2.51. The standard InChI is InChI=1S/C9H19NO3/c1-12-4-2-5-13-6-3-10-7-9(11)8-10/h9,11H,2-8H2,1H3. The summed E-state index contributed by atoms with van der Waals surface area (Å²) < 4.78 is 10.3. The molecule has 0 atom stereocenters. The summed E-state index contributed by atoms with van der Waals surface area (Å²) in [5.74, 6) is 0. The first kappa shape index (κ1) is 10.9. The smallest absolute Gasteiger partial charge is 0.0793 e. The Morgan fingerprint density at radius 1 is 1.31 bits per heavy atom. The van der Waals surface area contributed by atoms with Gasteiger partial charge in [0.15, 0.2) is 0 Å². The predicted molar refractivity (Wildman–Crippen MR) is 49.8 cm³/mol. The minimum atomic E-state index is -0.103. The molecule has 78 valence electrons. The summed E-state index contributed by atoms with van der Waals surface area (Å²) in [6, 6.07) is 0. The van der Waals surface area contributed by atoms with Crippen molar-refractivity contribution in [1.29, 1.82) is 0 Å². The number of β-amino-alcohol motifs (C(OH)–C–C–N with tert-alkyl or cyclic N) is 1. The number of methoxy groups -OCH3 is 1. The second-order valence-electron chi connectivity index (χ2n) is 3.37. The van der Waals surface area contributed by atoms with Crippen molar-refractivity contribution in [3.8, 4) is 0 Å². The van der Waals surface area contributed by atoms with Crippen LogP contribution in [-0.4, -0.2) is 62.7 Å². The molecule has 0 aromatic heterocycles. The summed E-state index contributed by atoms with van der Waals surface area (Å²) >= 11 is 0. The molecule has 0 amide bonds. The molecular formula is C9H19NO3. The number of aliphatic hydroxyl groups excluding tert-OH is 1. The van der Waals surface area contributed by atoms with Gasteiger partial charge in [0.1, 0.15) is 0 Å². The van der Waals surface area contributed by atoms with E-state index in [4.69, 9.17) is 14.6 Å². The van der Waals surface area contributed by atoms with Crippen molar-refractivity contribution in [2.45, 2.75) is 12.5 Å². The van der Waals surface area contributed by atoms with Gasteiger partial charge in [-0.25, -0.2) is 0 Å². The Morgan fingerprint density at radius 2 is 2.08 bits per heavy atom. The van der Waals surface area contributed by atoms with Gasteiger partial charge in [-0.05, 0) is 6.42 Å². The Balaban J connectivity index is 1.74. The molecular weight excluding hydrogens is 170 g/mol. The zero-order valence-electron chi connectivity index (χ0n) is 8.24. The predicted octanol–water partition coefficient (Wildman–Crippen LogP) is -0.284. The monoisotopic (exact) mass is 189 g/mol. The van der Waals surface area contributed by atoms with Gasteiger partial charge in [-0.1, -0.05) is 0 Å². The zero-order chi connectivity index (χ0) is 9.52. The molecule has 0 bridgehead atoms. The van der Waals surface area contributed by atoms with E-state index in [2.05, 4.69) is 4.90 Å². The van der Waals surface area contributed by atoms with Crippen LogP contribution in [0.4, 0.5) is 0 Å². The molecule has 1 aliphatic heterocycles. The van der Waals surface area contributed by atoms with Crippen LogP contribution in [0.5, 0.6) is 0 Å². The van der Waals surface area contributed by atoms with Crippen LogP contribution >= 0.6 is 0 Å². The molecule has 1 saturated heterocycles. The van der Waals surface area contributed by atoms with Gasteiger partial charge in [0.25, 0.3) is 0 Å². The van der Waals surface area contributed by atoms with Crippen molar-refractivity contribution < 1.29 is 14.6 Å². The highest BCUT2D eigenvalue weighted by molar-refractivity contribution is 4.77. The molecule has 1 fully saturated rings. The molecule has 0 unspecified atom stereocenters. The second kappa shape index (κ2) is 6.32. The van der Waals surface area contributed by atoms with E-state index in [1.807, 2.05) is 0 Å². The largest absolute Gasteiger partial charge is 0.390 e. The van der Waals surface area contributed by atoms with Crippen molar-refractivity contribution in [3.63, 3.8) is 0 Å². The average Bonchev–Trinajstić information content (AvgIpc) is 2.07. The lowest BCUT2D eigenvalue weighted by atomic mass is 10.2. The van der Waals surface area contributed by atoms with Crippen LogP contribution in [0.15, 0.2) is 0 Å². The van der Waals surface area contributed by atoms with Crippen LogP contribution in [0.1, 0.15) is 6.42 Å². The van der Waals surface area contributed by atoms with E-state index < -0.39 is 0 Å². The quantitative estimate of drug-likeness (QED) is 0.559. The van der Waals surface area contributed by atoms with Gasteiger partial charge >= 0.3 is 0 Å². The van der Waals surface area contributed by atoms with Crippen LogP contribution < -0.4 is 0 Å². The van der Waals surface area contributed by atoms with Crippen molar-refractivity contribution in [1.82, 2.24) is 4.90 Å². The first-order valence-corrected chi connectivity index (χ1v) is 4.80. The third-order valence-electron chi connectivity index (χ3n) is 2.13. The lowest BCUT2D eigenvalue weighted by molar-refractivity contribution is -0.0156. The minimum Gasteiger partial charge on any atom is -0.390 e. The van der Waals surface area contributed by atoms with E-state index in [0.717, 1.165) is 45.9 Å². The van der Waals surface area contributed by atoms with Gasteiger partial charge in [0.2, 0.25) is 0 Å². The molecule has 4 heteroatoms. The molecule has 1 heterocycles. The molecule has 0 saturated carbocycles.